The molecule has 0 saturated heterocycles. The second kappa shape index (κ2) is 9.89. The lowest BCUT2D eigenvalue weighted by atomic mass is 10.2. The number of hydrogen-bond donors (Lipinski definition) is 1. The third kappa shape index (κ3) is 4.74. The number of benzene rings is 1. The minimum Gasteiger partial charge on any atom is -0.495 e. The molecule has 3 heterocycles. The van der Waals surface area contributed by atoms with Crippen LogP contribution in [-0.2, 0) is 11.3 Å². The van der Waals surface area contributed by atoms with Crippen molar-refractivity contribution >= 4 is 56.2 Å². The molecule has 32 heavy (non-hydrogen) atoms. The third-order valence-corrected chi connectivity index (χ3v) is 7.46. The number of ether oxygens (including phenoxy) is 1. The average molecular weight is 486 g/mol. The number of rotatable bonds is 8. The SMILES string of the molecule is COc1ccccc1NC(=O)CSc1nc2scc(-c3cccs3)c2c(=O)n1CC(C)C. The van der Waals surface area contributed by atoms with Gasteiger partial charge in [0.1, 0.15) is 10.6 Å². The van der Waals surface area contributed by atoms with E-state index in [2.05, 4.69) is 19.2 Å². The van der Waals surface area contributed by atoms with Crippen LogP contribution in [0.4, 0.5) is 5.69 Å². The zero-order valence-corrected chi connectivity index (χ0v) is 20.4. The predicted octanol–water partition coefficient (Wildman–Crippen LogP) is 5.58. The molecule has 1 aromatic carbocycles. The molecule has 1 amide bonds. The van der Waals surface area contributed by atoms with E-state index in [1.165, 1.54) is 23.1 Å². The summed E-state index contributed by atoms with van der Waals surface area (Å²) in [5.74, 6) is 0.812. The molecule has 0 aliphatic rings. The van der Waals surface area contributed by atoms with E-state index in [9.17, 15) is 9.59 Å². The molecule has 0 atom stereocenters. The molecule has 0 bridgehead atoms. The molecule has 4 aromatic rings. The molecule has 0 unspecified atom stereocenters. The Balaban J connectivity index is 1.63. The second-order valence-corrected chi connectivity index (χ2v) is 10.3. The molecule has 0 aliphatic carbocycles. The van der Waals surface area contributed by atoms with Crippen molar-refractivity contribution in [1.29, 1.82) is 0 Å². The van der Waals surface area contributed by atoms with E-state index < -0.39 is 0 Å². The zero-order valence-electron chi connectivity index (χ0n) is 18.0. The molecular weight excluding hydrogens is 462 g/mol. The van der Waals surface area contributed by atoms with Crippen LogP contribution in [0.3, 0.4) is 0 Å². The highest BCUT2D eigenvalue weighted by molar-refractivity contribution is 7.99. The van der Waals surface area contributed by atoms with Gasteiger partial charge in [-0.2, -0.15) is 0 Å². The normalized spacial score (nSPS) is 11.2. The molecule has 4 rings (SSSR count). The van der Waals surface area contributed by atoms with Crippen molar-refractivity contribution in [2.45, 2.75) is 25.5 Å². The molecule has 0 fully saturated rings. The number of hydrogen-bond acceptors (Lipinski definition) is 7. The highest BCUT2D eigenvalue weighted by atomic mass is 32.2. The Morgan fingerprint density at radius 1 is 1.22 bits per heavy atom. The van der Waals surface area contributed by atoms with Crippen molar-refractivity contribution in [2.75, 3.05) is 18.2 Å². The maximum Gasteiger partial charge on any atom is 0.263 e. The van der Waals surface area contributed by atoms with Crippen LogP contribution in [0.5, 0.6) is 5.75 Å². The van der Waals surface area contributed by atoms with Crippen LogP contribution in [-0.4, -0.2) is 28.3 Å². The molecular formula is C23H23N3O3S3. The van der Waals surface area contributed by atoms with E-state index in [1.54, 1.807) is 35.1 Å². The fourth-order valence-electron chi connectivity index (χ4n) is 3.32. The predicted molar refractivity (Wildman–Crippen MR) is 134 cm³/mol. The smallest absolute Gasteiger partial charge is 0.263 e. The standard InChI is InChI=1S/C23H23N3O3S3/c1-14(2)11-26-22(28)20-15(18-9-6-10-30-18)12-31-21(20)25-23(26)32-13-19(27)24-16-7-4-5-8-17(16)29-3/h4-10,12,14H,11,13H2,1-3H3,(H,24,27). The van der Waals surface area contributed by atoms with Crippen molar-refractivity contribution in [3.8, 4) is 16.2 Å². The summed E-state index contributed by atoms with van der Waals surface area (Å²) < 4.78 is 7.00. The number of carbonyl (C=O) groups is 1. The van der Waals surface area contributed by atoms with Crippen LogP contribution in [0.2, 0.25) is 0 Å². The maximum absolute atomic E-state index is 13.5. The zero-order chi connectivity index (χ0) is 22.7. The minimum atomic E-state index is -0.185. The van der Waals surface area contributed by atoms with Gasteiger partial charge < -0.3 is 10.1 Å². The van der Waals surface area contributed by atoms with Crippen LogP contribution in [0.25, 0.3) is 20.7 Å². The van der Waals surface area contributed by atoms with Crippen molar-refractivity contribution in [3.05, 3.63) is 57.5 Å². The van der Waals surface area contributed by atoms with E-state index in [0.717, 1.165) is 10.4 Å². The number of fused-ring (bicyclic) bond motifs is 1. The molecule has 0 saturated carbocycles. The first-order chi connectivity index (χ1) is 15.5. The first-order valence-electron chi connectivity index (χ1n) is 10.1. The van der Waals surface area contributed by atoms with Crippen molar-refractivity contribution in [1.82, 2.24) is 9.55 Å². The quantitative estimate of drug-likeness (QED) is 0.260. The van der Waals surface area contributed by atoms with Gasteiger partial charge in [-0.1, -0.05) is 43.8 Å². The Bertz CT molecular complexity index is 1290. The lowest BCUT2D eigenvalue weighted by molar-refractivity contribution is -0.113. The summed E-state index contributed by atoms with van der Waals surface area (Å²) in [7, 11) is 1.56. The maximum atomic E-state index is 13.5. The Morgan fingerprint density at radius 2 is 2.03 bits per heavy atom. The van der Waals surface area contributed by atoms with Crippen molar-refractivity contribution in [3.63, 3.8) is 0 Å². The first kappa shape index (κ1) is 22.6. The lowest BCUT2D eigenvalue weighted by Crippen LogP contribution is -2.26. The van der Waals surface area contributed by atoms with Crippen molar-refractivity contribution < 1.29 is 9.53 Å². The molecule has 0 spiro atoms. The van der Waals surface area contributed by atoms with Crippen LogP contribution in [0, 0.1) is 5.92 Å². The lowest BCUT2D eigenvalue weighted by Gasteiger charge is -2.14. The van der Waals surface area contributed by atoms with E-state index in [4.69, 9.17) is 9.72 Å². The van der Waals surface area contributed by atoms with E-state index in [-0.39, 0.29) is 23.1 Å². The number of aromatic nitrogens is 2. The number of thiophene rings is 2. The number of para-hydroxylation sites is 2. The Morgan fingerprint density at radius 3 is 2.75 bits per heavy atom. The fourth-order valence-corrected chi connectivity index (χ4v) is 5.93. The highest BCUT2D eigenvalue weighted by Gasteiger charge is 2.19. The Labute approximate surface area is 198 Å². The van der Waals surface area contributed by atoms with Gasteiger partial charge in [-0.15, -0.1) is 22.7 Å². The monoisotopic (exact) mass is 485 g/mol. The molecule has 0 aliphatic heterocycles. The van der Waals surface area contributed by atoms with Crippen LogP contribution in [0.1, 0.15) is 13.8 Å². The van der Waals surface area contributed by atoms with Gasteiger partial charge in [0.15, 0.2) is 5.16 Å². The minimum absolute atomic E-state index is 0.0546. The summed E-state index contributed by atoms with van der Waals surface area (Å²) in [6.07, 6.45) is 0. The molecule has 6 nitrogen and oxygen atoms in total. The van der Waals surface area contributed by atoms with Crippen molar-refractivity contribution in [2.24, 2.45) is 5.92 Å². The van der Waals surface area contributed by atoms with Crippen LogP contribution >= 0.6 is 34.4 Å². The van der Waals surface area contributed by atoms with E-state index in [1.807, 2.05) is 35.0 Å². The number of amides is 1. The molecule has 1 N–H and O–H groups in total. The number of nitrogens with one attached hydrogen (secondary N) is 1. The summed E-state index contributed by atoms with van der Waals surface area (Å²) in [4.78, 5) is 32.6. The summed E-state index contributed by atoms with van der Waals surface area (Å²) in [6, 6.07) is 11.3. The van der Waals surface area contributed by atoms with Gasteiger partial charge in [0.2, 0.25) is 5.91 Å². The third-order valence-electron chi connectivity index (χ3n) is 4.71. The Hall–Kier alpha value is -2.62. The van der Waals surface area contributed by atoms with Crippen LogP contribution in [0.15, 0.2) is 57.1 Å². The summed E-state index contributed by atoms with van der Waals surface area (Å²) >= 11 is 4.34. The topological polar surface area (TPSA) is 73.2 Å². The second-order valence-electron chi connectivity index (χ2n) is 7.55. The van der Waals surface area contributed by atoms with Gasteiger partial charge >= 0.3 is 0 Å². The number of methoxy groups -OCH3 is 1. The molecule has 166 valence electrons. The van der Waals surface area contributed by atoms with Gasteiger partial charge in [0.05, 0.1) is 23.9 Å². The molecule has 3 aromatic heterocycles. The summed E-state index contributed by atoms with van der Waals surface area (Å²) in [6.45, 7) is 4.67. The van der Waals surface area contributed by atoms with Gasteiger partial charge in [0, 0.05) is 22.4 Å². The summed E-state index contributed by atoms with van der Waals surface area (Å²) in [5.41, 5.74) is 1.49. The fraction of sp³-hybridized carbons (Fsp3) is 0.261. The number of anilines is 1. The molecule has 0 radical (unpaired) electrons. The van der Waals surface area contributed by atoms with Gasteiger partial charge in [-0.3, -0.25) is 14.2 Å². The van der Waals surface area contributed by atoms with Gasteiger partial charge in [-0.25, -0.2) is 4.98 Å². The average Bonchev–Trinajstić information content (AvgIpc) is 3.44. The largest absolute Gasteiger partial charge is 0.495 e. The number of thioether (sulfide) groups is 1. The van der Waals surface area contributed by atoms with E-state index >= 15 is 0 Å². The number of carbonyl (C=O) groups excluding carboxylic acids is 1. The molecule has 9 heteroatoms. The Kier molecular flexibility index (Phi) is 6.98. The van der Waals surface area contributed by atoms with Gasteiger partial charge in [0.25, 0.3) is 5.56 Å². The first-order valence-corrected chi connectivity index (χ1v) is 12.8. The number of nitrogens with zero attached hydrogens (tertiary/aromatic N) is 2. The van der Waals surface area contributed by atoms with Crippen LogP contribution < -0.4 is 15.6 Å². The highest BCUT2D eigenvalue weighted by Crippen LogP contribution is 2.34. The van der Waals surface area contributed by atoms with Gasteiger partial charge in [-0.05, 0) is 29.5 Å². The summed E-state index contributed by atoms with van der Waals surface area (Å²) in [5, 5.41) is 8.08. The van der Waals surface area contributed by atoms with E-state index in [0.29, 0.717) is 33.4 Å².